The summed E-state index contributed by atoms with van der Waals surface area (Å²) < 4.78 is 11.1. The van der Waals surface area contributed by atoms with Crippen molar-refractivity contribution in [1.82, 2.24) is 5.32 Å². The highest BCUT2D eigenvalue weighted by molar-refractivity contribution is 5.80. The highest BCUT2D eigenvalue weighted by atomic mass is 16.7. The van der Waals surface area contributed by atoms with E-state index in [-0.39, 0.29) is 12.8 Å². The molecule has 63 heavy (non-hydrogen) atoms. The Morgan fingerprint density at radius 2 is 0.984 bits per heavy atom. The number of carbonyl (C=O) groups is 1. The molecule has 8 N–H and O–H groups in total. The van der Waals surface area contributed by atoms with Crippen LogP contribution in [-0.4, -0.2) is 110 Å². The maximum Gasteiger partial charge on any atom is 0.249 e. The molecule has 9 atom stereocenters. The minimum absolute atomic E-state index is 0.244. The van der Waals surface area contributed by atoms with E-state index in [1.54, 1.807) is 0 Å². The molecule has 11 heteroatoms. The van der Waals surface area contributed by atoms with Gasteiger partial charge in [-0.25, -0.2) is 0 Å². The molecule has 0 spiro atoms. The summed E-state index contributed by atoms with van der Waals surface area (Å²) in [5.41, 5.74) is 0. The summed E-state index contributed by atoms with van der Waals surface area (Å²) in [7, 11) is 0. The number of amides is 1. The van der Waals surface area contributed by atoms with Crippen LogP contribution in [0.25, 0.3) is 0 Å². The van der Waals surface area contributed by atoms with E-state index in [0.717, 1.165) is 44.9 Å². The average molecular weight is 896 g/mol. The zero-order valence-corrected chi connectivity index (χ0v) is 40.1. The second-order valence-electron chi connectivity index (χ2n) is 18.2. The lowest BCUT2D eigenvalue weighted by Crippen LogP contribution is -2.60. The van der Waals surface area contributed by atoms with Gasteiger partial charge in [-0.05, 0) is 70.6 Å². The number of carbonyl (C=O) groups excluding carboxylic acids is 1. The van der Waals surface area contributed by atoms with Gasteiger partial charge in [0.15, 0.2) is 6.29 Å². The summed E-state index contributed by atoms with van der Waals surface area (Å²) in [5.74, 6) is -0.713. The molecule has 0 aliphatic carbocycles. The van der Waals surface area contributed by atoms with Gasteiger partial charge in [-0.3, -0.25) is 4.79 Å². The number of unbranched alkanes of at least 4 members (excludes halogenated alkanes) is 25. The van der Waals surface area contributed by atoms with Gasteiger partial charge in [0, 0.05) is 0 Å². The van der Waals surface area contributed by atoms with Gasteiger partial charge >= 0.3 is 0 Å². The van der Waals surface area contributed by atoms with Crippen LogP contribution in [0, 0.1) is 0 Å². The Morgan fingerprint density at radius 3 is 1.48 bits per heavy atom. The second kappa shape index (κ2) is 41.7. The number of hydrogen-bond donors (Lipinski definition) is 8. The second-order valence-corrected chi connectivity index (χ2v) is 18.2. The van der Waals surface area contributed by atoms with Crippen molar-refractivity contribution in [1.29, 1.82) is 0 Å². The molecule has 0 saturated carbocycles. The molecule has 370 valence electrons. The molecule has 1 heterocycles. The van der Waals surface area contributed by atoms with E-state index in [9.17, 15) is 40.5 Å². The quantitative estimate of drug-likeness (QED) is 0.0216. The number of allylic oxidation sites excluding steroid dienone is 6. The minimum atomic E-state index is -1.67. The van der Waals surface area contributed by atoms with Gasteiger partial charge in [-0.2, -0.15) is 0 Å². The van der Waals surface area contributed by atoms with Gasteiger partial charge < -0.3 is 50.5 Å². The first-order chi connectivity index (χ1) is 30.7. The Morgan fingerprint density at radius 1 is 0.540 bits per heavy atom. The fourth-order valence-electron chi connectivity index (χ4n) is 8.11. The smallest absolute Gasteiger partial charge is 0.249 e. The molecular weight excluding hydrogens is 799 g/mol. The van der Waals surface area contributed by atoms with Crippen LogP contribution in [-0.2, 0) is 14.3 Å². The molecule has 0 bridgehead atoms. The van der Waals surface area contributed by atoms with Crippen molar-refractivity contribution in [3.05, 3.63) is 36.5 Å². The van der Waals surface area contributed by atoms with Crippen molar-refractivity contribution >= 4 is 5.91 Å². The lowest BCUT2D eigenvalue weighted by atomic mass is 9.98. The number of aliphatic hydroxyl groups is 7. The lowest BCUT2D eigenvalue weighted by molar-refractivity contribution is -0.303. The molecule has 11 nitrogen and oxygen atoms in total. The third-order valence-corrected chi connectivity index (χ3v) is 12.4. The van der Waals surface area contributed by atoms with Crippen LogP contribution < -0.4 is 5.32 Å². The van der Waals surface area contributed by atoms with E-state index in [4.69, 9.17) is 9.47 Å². The zero-order chi connectivity index (χ0) is 46.2. The van der Waals surface area contributed by atoms with E-state index < -0.39 is 74.2 Å². The van der Waals surface area contributed by atoms with Crippen LogP contribution in [0.2, 0.25) is 0 Å². The fourth-order valence-corrected chi connectivity index (χ4v) is 8.11. The molecule has 1 amide bonds. The molecule has 1 aliphatic rings. The van der Waals surface area contributed by atoms with Crippen molar-refractivity contribution < 1.29 is 50.0 Å². The highest BCUT2D eigenvalue weighted by Crippen LogP contribution is 2.23. The maximum absolute atomic E-state index is 13.1. The Kier molecular flexibility index (Phi) is 39.3. The summed E-state index contributed by atoms with van der Waals surface area (Å²) in [4.78, 5) is 13.1. The number of ether oxygens (including phenoxy) is 2. The topological polar surface area (TPSA) is 189 Å². The normalized spacial score (nSPS) is 21.4. The Balaban J connectivity index is 2.29. The van der Waals surface area contributed by atoms with Gasteiger partial charge in [0.25, 0.3) is 0 Å². The largest absolute Gasteiger partial charge is 0.394 e. The first-order valence-electron chi connectivity index (χ1n) is 25.9. The maximum atomic E-state index is 13.1. The molecule has 1 aliphatic heterocycles. The fraction of sp³-hybridized carbons (Fsp3) is 0.865. The van der Waals surface area contributed by atoms with Crippen molar-refractivity contribution in [2.75, 3.05) is 13.2 Å². The summed E-state index contributed by atoms with van der Waals surface area (Å²) in [6.07, 6.45) is 38.0. The first kappa shape index (κ1) is 59.3. The van der Waals surface area contributed by atoms with Crippen LogP contribution in [0.15, 0.2) is 36.5 Å². The lowest BCUT2D eigenvalue weighted by Gasteiger charge is -2.40. The van der Waals surface area contributed by atoms with Gasteiger partial charge in [0.05, 0.1) is 25.4 Å². The van der Waals surface area contributed by atoms with Crippen molar-refractivity contribution in [3.63, 3.8) is 0 Å². The predicted molar refractivity (Wildman–Crippen MR) is 256 cm³/mol. The van der Waals surface area contributed by atoms with Crippen molar-refractivity contribution in [2.45, 2.75) is 274 Å². The predicted octanol–water partition coefficient (Wildman–Crippen LogP) is 9.56. The van der Waals surface area contributed by atoms with Crippen LogP contribution in [0.4, 0.5) is 0 Å². The van der Waals surface area contributed by atoms with Crippen molar-refractivity contribution in [2.24, 2.45) is 0 Å². The Hall–Kier alpha value is -1.67. The molecule has 0 radical (unpaired) electrons. The molecule has 1 fully saturated rings. The minimum Gasteiger partial charge on any atom is -0.394 e. The number of rotatable bonds is 43. The zero-order valence-electron chi connectivity index (χ0n) is 40.1. The Bertz CT molecular complexity index is 1120. The summed E-state index contributed by atoms with van der Waals surface area (Å²) >= 11 is 0. The molecule has 1 rings (SSSR count). The van der Waals surface area contributed by atoms with E-state index in [1.165, 1.54) is 128 Å². The van der Waals surface area contributed by atoms with Crippen LogP contribution in [0.1, 0.15) is 219 Å². The molecular formula is C52H97NO10. The van der Waals surface area contributed by atoms with E-state index in [0.29, 0.717) is 19.3 Å². The highest BCUT2D eigenvalue weighted by Gasteiger charge is 2.44. The third-order valence-electron chi connectivity index (χ3n) is 12.4. The van der Waals surface area contributed by atoms with Crippen LogP contribution in [0.3, 0.4) is 0 Å². The van der Waals surface area contributed by atoms with Crippen molar-refractivity contribution in [3.8, 4) is 0 Å². The van der Waals surface area contributed by atoms with E-state index in [2.05, 4.69) is 49.5 Å². The summed E-state index contributed by atoms with van der Waals surface area (Å²) in [6, 6.07) is -1.19. The van der Waals surface area contributed by atoms with Gasteiger partial charge in [-0.1, -0.05) is 185 Å². The van der Waals surface area contributed by atoms with Crippen LogP contribution in [0.5, 0.6) is 0 Å². The van der Waals surface area contributed by atoms with E-state index in [1.807, 2.05) is 6.08 Å². The average Bonchev–Trinajstić information content (AvgIpc) is 3.28. The summed E-state index contributed by atoms with van der Waals surface area (Å²) in [6.45, 7) is 3.34. The third kappa shape index (κ3) is 31.0. The monoisotopic (exact) mass is 896 g/mol. The van der Waals surface area contributed by atoms with E-state index >= 15 is 0 Å². The van der Waals surface area contributed by atoms with Gasteiger partial charge in [0.2, 0.25) is 5.91 Å². The molecule has 0 aromatic heterocycles. The summed E-state index contributed by atoms with van der Waals surface area (Å²) in [5, 5.41) is 75.6. The molecule has 1 saturated heterocycles. The molecule has 0 aromatic rings. The standard InChI is InChI=1S/C52H97NO10/c1-3-5-7-9-11-13-15-16-17-18-19-20-21-22-23-24-25-26-27-28-29-30-32-34-36-38-40-45(56)51(61)53-43(42-62-52-50(60)49(59)48(58)46(41-54)63-52)47(57)44(55)39-37-35-33-31-14-12-10-8-6-4-2/h8,10,22-23,31,33,43-50,52,54-60H,3-7,9,11-21,24-30,32,34-42H2,1-2H3,(H,53,61)/b10-8+,23-22-,33-31+. The van der Waals surface area contributed by atoms with Gasteiger partial charge in [0.1, 0.15) is 36.6 Å². The number of nitrogens with one attached hydrogen (secondary N) is 1. The van der Waals surface area contributed by atoms with Crippen LogP contribution >= 0.6 is 0 Å². The SMILES string of the molecule is CCC/C=C/CC/C=C/CCCC(O)C(O)C(COC1OC(CO)C(O)C(O)C1O)NC(=O)C(O)CCCCCCCCCCCC/C=C\CCCCCCCCCCCCCC. The Labute approximate surface area is 384 Å². The number of hydrogen-bond acceptors (Lipinski definition) is 10. The van der Waals surface area contributed by atoms with Gasteiger partial charge in [-0.15, -0.1) is 0 Å². The first-order valence-corrected chi connectivity index (χ1v) is 25.9. The number of aliphatic hydroxyl groups excluding tert-OH is 7. The molecule has 9 unspecified atom stereocenters. The molecule has 0 aromatic carbocycles.